The zero-order chi connectivity index (χ0) is 13.0. The van der Waals surface area contributed by atoms with E-state index in [1.165, 1.54) is 31.2 Å². The van der Waals surface area contributed by atoms with E-state index in [-0.39, 0.29) is 0 Å². The van der Waals surface area contributed by atoms with Crippen LogP contribution in [0.3, 0.4) is 0 Å². The fourth-order valence-electron chi connectivity index (χ4n) is 2.93. The van der Waals surface area contributed by atoms with Crippen molar-refractivity contribution in [2.75, 3.05) is 20.1 Å². The molecule has 1 fully saturated rings. The van der Waals surface area contributed by atoms with E-state index in [0.717, 1.165) is 17.4 Å². The number of rotatable bonds is 5. The van der Waals surface area contributed by atoms with E-state index in [0.29, 0.717) is 11.8 Å². The van der Waals surface area contributed by atoms with Gasteiger partial charge in [-0.05, 0) is 36.5 Å². The maximum atomic E-state index is 6.18. The lowest BCUT2D eigenvalue weighted by atomic mass is 9.86. The van der Waals surface area contributed by atoms with Crippen LogP contribution in [0.15, 0.2) is 18.2 Å². The number of alkyl halides is 1. The van der Waals surface area contributed by atoms with E-state index in [9.17, 15) is 0 Å². The van der Waals surface area contributed by atoms with Crippen molar-refractivity contribution in [2.45, 2.75) is 31.6 Å². The quantitative estimate of drug-likeness (QED) is 0.745. The summed E-state index contributed by atoms with van der Waals surface area (Å²) in [5, 5.41) is 0. The van der Waals surface area contributed by atoms with Gasteiger partial charge in [-0.15, -0.1) is 11.6 Å². The smallest absolute Gasteiger partial charge is 0.160 e. The highest BCUT2D eigenvalue weighted by Gasteiger charge is 2.26. The van der Waals surface area contributed by atoms with Gasteiger partial charge < -0.3 is 9.47 Å². The summed E-state index contributed by atoms with van der Waals surface area (Å²) >= 11 is 6.18. The summed E-state index contributed by atoms with van der Waals surface area (Å²) in [4.78, 5) is 0. The number of ether oxygens (including phenoxy) is 2. The Hall–Kier alpha value is -0.890. The van der Waals surface area contributed by atoms with Gasteiger partial charge in [0.2, 0.25) is 0 Å². The van der Waals surface area contributed by atoms with Crippen LogP contribution in [0.4, 0.5) is 0 Å². The predicted molar refractivity (Wildman–Crippen MR) is 75.0 cm³/mol. The van der Waals surface area contributed by atoms with E-state index in [2.05, 4.69) is 12.1 Å². The molecule has 100 valence electrons. The van der Waals surface area contributed by atoms with Crippen LogP contribution in [0.2, 0.25) is 0 Å². The Balaban J connectivity index is 2.24. The van der Waals surface area contributed by atoms with E-state index >= 15 is 0 Å². The Morgan fingerprint density at radius 3 is 2.39 bits per heavy atom. The Morgan fingerprint density at radius 1 is 1.17 bits per heavy atom. The molecular weight excluding hydrogens is 248 g/mol. The second-order valence-electron chi connectivity index (χ2n) is 4.92. The third-order valence-electron chi connectivity index (χ3n) is 3.97. The van der Waals surface area contributed by atoms with Crippen LogP contribution in [0.1, 0.15) is 37.2 Å². The maximum Gasteiger partial charge on any atom is 0.160 e. The van der Waals surface area contributed by atoms with Crippen molar-refractivity contribution in [2.24, 2.45) is 5.92 Å². The summed E-state index contributed by atoms with van der Waals surface area (Å²) in [5.74, 6) is 3.42. The van der Waals surface area contributed by atoms with E-state index < -0.39 is 0 Å². The third-order valence-corrected chi connectivity index (χ3v) is 4.30. The first kappa shape index (κ1) is 13.5. The number of benzene rings is 1. The molecule has 0 spiro atoms. The van der Waals surface area contributed by atoms with Crippen molar-refractivity contribution >= 4 is 11.6 Å². The first-order valence-electron chi connectivity index (χ1n) is 6.58. The first-order valence-corrected chi connectivity index (χ1v) is 7.11. The summed E-state index contributed by atoms with van der Waals surface area (Å²) in [6, 6.07) is 6.17. The molecule has 0 bridgehead atoms. The van der Waals surface area contributed by atoms with Crippen LogP contribution in [0.25, 0.3) is 0 Å². The molecule has 0 amide bonds. The highest BCUT2D eigenvalue weighted by Crippen LogP contribution is 2.40. The Kier molecular flexibility index (Phi) is 4.76. The van der Waals surface area contributed by atoms with Gasteiger partial charge in [-0.25, -0.2) is 0 Å². The molecule has 18 heavy (non-hydrogen) atoms. The number of methoxy groups -OCH3 is 2. The van der Waals surface area contributed by atoms with Crippen molar-refractivity contribution in [3.8, 4) is 11.5 Å². The zero-order valence-electron chi connectivity index (χ0n) is 11.1. The summed E-state index contributed by atoms with van der Waals surface area (Å²) < 4.78 is 10.6. The van der Waals surface area contributed by atoms with Crippen LogP contribution in [-0.2, 0) is 0 Å². The summed E-state index contributed by atoms with van der Waals surface area (Å²) in [6.45, 7) is 0. The lowest BCUT2D eigenvalue weighted by Gasteiger charge is -2.22. The molecule has 1 atom stereocenters. The summed E-state index contributed by atoms with van der Waals surface area (Å²) in [7, 11) is 3.33. The molecule has 0 heterocycles. The Bertz CT molecular complexity index is 386. The van der Waals surface area contributed by atoms with Crippen molar-refractivity contribution in [1.29, 1.82) is 0 Å². The molecule has 1 unspecified atom stereocenters. The van der Waals surface area contributed by atoms with Crippen LogP contribution < -0.4 is 9.47 Å². The van der Waals surface area contributed by atoms with Crippen molar-refractivity contribution in [1.82, 2.24) is 0 Å². The molecule has 2 nitrogen and oxygen atoms in total. The van der Waals surface area contributed by atoms with Crippen molar-refractivity contribution < 1.29 is 9.47 Å². The fraction of sp³-hybridized carbons (Fsp3) is 0.600. The standard InChI is InChI=1S/C15H21ClO2/c1-17-14-8-7-12(9-15(14)18-2)13(10-16)11-5-3-4-6-11/h7-9,11,13H,3-6,10H2,1-2H3. The molecule has 2 rings (SSSR count). The second-order valence-corrected chi connectivity index (χ2v) is 5.23. The molecular formula is C15H21ClO2. The number of hydrogen-bond donors (Lipinski definition) is 0. The molecule has 3 heteroatoms. The minimum atomic E-state index is 0.439. The topological polar surface area (TPSA) is 18.5 Å². The average Bonchev–Trinajstić information content (AvgIpc) is 2.93. The molecule has 1 saturated carbocycles. The molecule has 0 saturated heterocycles. The minimum Gasteiger partial charge on any atom is -0.493 e. The average molecular weight is 269 g/mol. The van der Waals surface area contributed by atoms with Gasteiger partial charge in [-0.2, -0.15) is 0 Å². The summed E-state index contributed by atoms with van der Waals surface area (Å²) in [6.07, 6.45) is 5.27. The number of hydrogen-bond acceptors (Lipinski definition) is 2. The number of halogens is 1. The monoisotopic (exact) mass is 268 g/mol. The van der Waals surface area contributed by atoms with Crippen LogP contribution >= 0.6 is 11.6 Å². The van der Waals surface area contributed by atoms with Crippen LogP contribution in [-0.4, -0.2) is 20.1 Å². The zero-order valence-corrected chi connectivity index (χ0v) is 11.9. The molecule has 0 aromatic heterocycles. The van der Waals surface area contributed by atoms with Gasteiger partial charge in [0.1, 0.15) is 0 Å². The SMILES string of the molecule is COc1ccc(C(CCl)C2CCCC2)cc1OC. The first-order chi connectivity index (χ1) is 8.80. The molecule has 1 aliphatic carbocycles. The minimum absolute atomic E-state index is 0.439. The summed E-state index contributed by atoms with van der Waals surface area (Å²) in [5.41, 5.74) is 1.27. The van der Waals surface area contributed by atoms with Gasteiger partial charge in [0, 0.05) is 11.8 Å². The largest absolute Gasteiger partial charge is 0.493 e. The van der Waals surface area contributed by atoms with Crippen molar-refractivity contribution in [3.63, 3.8) is 0 Å². The van der Waals surface area contributed by atoms with Crippen molar-refractivity contribution in [3.05, 3.63) is 23.8 Å². The lowest BCUT2D eigenvalue weighted by Crippen LogP contribution is -2.11. The molecule has 1 aromatic rings. The van der Waals surface area contributed by atoms with Gasteiger partial charge in [0.05, 0.1) is 14.2 Å². The third kappa shape index (κ3) is 2.74. The lowest BCUT2D eigenvalue weighted by molar-refractivity contribution is 0.353. The van der Waals surface area contributed by atoms with Gasteiger partial charge in [-0.3, -0.25) is 0 Å². The highest BCUT2D eigenvalue weighted by atomic mass is 35.5. The Morgan fingerprint density at radius 2 is 1.83 bits per heavy atom. The molecule has 0 radical (unpaired) electrons. The molecule has 1 aromatic carbocycles. The molecule has 1 aliphatic rings. The maximum absolute atomic E-state index is 6.18. The van der Waals surface area contributed by atoms with Crippen LogP contribution in [0, 0.1) is 5.92 Å². The van der Waals surface area contributed by atoms with E-state index in [4.69, 9.17) is 21.1 Å². The van der Waals surface area contributed by atoms with Gasteiger partial charge >= 0.3 is 0 Å². The van der Waals surface area contributed by atoms with Gasteiger partial charge in [-0.1, -0.05) is 18.9 Å². The molecule has 0 N–H and O–H groups in total. The van der Waals surface area contributed by atoms with E-state index in [1.807, 2.05) is 6.07 Å². The van der Waals surface area contributed by atoms with Gasteiger partial charge in [0.15, 0.2) is 11.5 Å². The van der Waals surface area contributed by atoms with Crippen LogP contribution in [0.5, 0.6) is 11.5 Å². The highest BCUT2D eigenvalue weighted by molar-refractivity contribution is 6.18. The van der Waals surface area contributed by atoms with Gasteiger partial charge in [0.25, 0.3) is 0 Å². The molecule has 0 aliphatic heterocycles. The van der Waals surface area contributed by atoms with E-state index in [1.54, 1.807) is 14.2 Å². The Labute approximate surface area is 114 Å². The second kappa shape index (κ2) is 6.33. The normalized spacial score (nSPS) is 17.7. The predicted octanol–water partition coefficient (Wildman–Crippen LogP) is 4.22. The fourth-order valence-corrected chi connectivity index (χ4v) is 3.36.